The largest absolute Gasteiger partial charge is 0.456 e. The van der Waals surface area contributed by atoms with Crippen LogP contribution in [-0.4, -0.2) is 15.8 Å². The molecule has 0 amide bonds. The average Bonchev–Trinajstić information content (AvgIpc) is 2.70. The van der Waals surface area contributed by atoms with Crippen molar-refractivity contribution >= 4 is 28.2 Å². The molecule has 0 aliphatic carbocycles. The summed E-state index contributed by atoms with van der Waals surface area (Å²) in [6.07, 6.45) is 3.20. The molecule has 0 unspecified atom stereocenters. The van der Waals surface area contributed by atoms with Crippen LogP contribution in [0.5, 0.6) is 23.3 Å². The number of aromatic nitrogens is 2. The van der Waals surface area contributed by atoms with Gasteiger partial charge in [0.05, 0.1) is 5.02 Å². The van der Waals surface area contributed by atoms with Gasteiger partial charge in [-0.25, -0.2) is 9.97 Å². The maximum Gasteiger partial charge on any atom is 0.321 e. The third kappa shape index (κ3) is 3.94. The van der Waals surface area contributed by atoms with E-state index in [4.69, 9.17) is 21.1 Å². The molecule has 0 saturated heterocycles. The van der Waals surface area contributed by atoms with E-state index in [0.29, 0.717) is 27.8 Å². The summed E-state index contributed by atoms with van der Waals surface area (Å²) in [7, 11) is 0. The van der Waals surface area contributed by atoms with Crippen LogP contribution in [0.4, 0.5) is 0 Å². The summed E-state index contributed by atoms with van der Waals surface area (Å²) < 4.78 is 11.5. The van der Waals surface area contributed by atoms with Crippen LogP contribution in [0, 0.1) is 0 Å². The van der Waals surface area contributed by atoms with Crippen LogP contribution in [0.2, 0.25) is 5.02 Å². The van der Waals surface area contributed by atoms with E-state index in [-0.39, 0.29) is 11.8 Å². The van der Waals surface area contributed by atoms with Crippen molar-refractivity contribution < 1.29 is 14.3 Å². The van der Waals surface area contributed by atoms with E-state index >= 15 is 0 Å². The SMILES string of the molecule is CC(=O)c1ccc2cc(Oc3ccc(Oc4ncccn4)cc3Cl)ccc2c1. The number of ether oxygens (including phenoxy) is 2. The number of fused-ring (bicyclic) bond motifs is 1. The number of carbonyl (C=O) groups is 1. The van der Waals surface area contributed by atoms with E-state index in [0.717, 1.165) is 10.8 Å². The summed E-state index contributed by atoms with van der Waals surface area (Å²) in [5.41, 5.74) is 0.683. The predicted octanol–water partition coefficient (Wildman–Crippen LogP) is 6.07. The van der Waals surface area contributed by atoms with Crippen molar-refractivity contribution in [1.29, 1.82) is 0 Å². The standard InChI is InChI=1S/C22H15ClN2O3/c1-14(26)15-3-4-17-12-18(6-5-16(17)11-15)27-21-8-7-19(13-20(21)23)28-22-24-9-2-10-25-22/h2-13H,1H3. The van der Waals surface area contributed by atoms with E-state index in [1.807, 2.05) is 30.3 Å². The third-order valence-corrected chi connectivity index (χ3v) is 4.40. The number of rotatable bonds is 5. The van der Waals surface area contributed by atoms with Crippen LogP contribution in [0.3, 0.4) is 0 Å². The fourth-order valence-electron chi connectivity index (χ4n) is 2.70. The van der Waals surface area contributed by atoms with E-state index < -0.39 is 0 Å². The molecule has 1 heterocycles. The maximum absolute atomic E-state index is 11.5. The summed E-state index contributed by atoms with van der Waals surface area (Å²) in [4.78, 5) is 19.5. The van der Waals surface area contributed by atoms with Gasteiger partial charge >= 0.3 is 6.01 Å². The lowest BCUT2D eigenvalue weighted by molar-refractivity contribution is 0.101. The highest BCUT2D eigenvalue weighted by Gasteiger charge is 2.08. The first-order chi connectivity index (χ1) is 13.6. The first-order valence-electron chi connectivity index (χ1n) is 8.55. The Morgan fingerprint density at radius 2 is 1.54 bits per heavy atom. The normalized spacial score (nSPS) is 10.6. The molecule has 0 fully saturated rings. The Bertz CT molecular complexity index is 1160. The molecule has 3 aromatic carbocycles. The number of ketones is 1. The van der Waals surface area contributed by atoms with E-state index in [1.54, 1.807) is 49.6 Å². The average molecular weight is 391 g/mol. The van der Waals surface area contributed by atoms with Crippen LogP contribution >= 0.6 is 11.6 Å². The molecule has 138 valence electrons. The van der Waals surface area contributed by atoms with Crippen molar-refractivity contribution in [2.75, 3.05) is 0 Å². The topological polar surface area (TPSA) is 61.3 Å². The van der Waals surface area contributed by atoms with Crippen molar-refractivity contribution in [3.63, 3.8) is 0 Å². The maximum atomic E-state index is 11.5. The van der Waals surface area contributed by atoms with Crippen molar-refractivity contribution in [1.82, 2.24) is 9.97 Å². The van der Waals surface area contributed by atoms with Gasteiger partial charge in [0.25, 0.3) is 0 Å². The van der Waals surface area contributed by atoms with Crippen LogP contribution in [0.1, 0.15) is 17.3 Å². The lowest BCUT2D eigenvalue weighted by Gasteiger charge is -2.10. The Hall–Kier alpha value is -3.44. The highest BCUT2D eigenvalue weighted by atomic mass is 35.5. The molecule has 0 bridgehead atoms. The Labute approximate surface area is 166 Å². The van der Waals surface area contributed by atoms with Gasteiger partial charge in [0.1, 0.15) is 17.2 Å². The van der Waals surface area contributed by atoms with Crippen LogP contribution in [0.15, 0.2) is 73.1 Å². The molecule has 0 N–H and O–H groups in total. The molecular formula is C22H15ClN2O3. The van der Waals surface area contributed by atoms with Crippen LogP contribution in [0.25, 0.3) is 10.8 Å². The van der Waals surface area contributed by atoms with Crippen LogP contribution in [-0.2, 0) is 0 Å². The van der Waals surface area contributed by atoms with Gasteiger partial charge in [0, 0.05) is 24.0 Å². The molecular weight excluding hydrogens is 376 g/mol. The summed E-state index contributed by atoms with van der Waals surface area (Å²) in [6, 6.07) is 18.3. The summed E-state index contributed by atoms with van der Waals surface area (Å²) in [5, 5.41) is 2.35. The molecule has 0 radical (unpaired) electrons. The molecule has 6 heteroatoms. The zero-order chi connectivity index (χ0) is 19.5. The Morgan fingerprint density at radius 3 is 2.29 bits per heavy atom. The van der Waals surface area contributed by atoms with Gasteiger partial charge in [0.15, 0.2) is 5.78 Å². The first-order valence-corrected chi connectivity index (χ1v) is 8.93. The number of Topliss-reactive ketones (excluding diaryl/α,β-unsaturated/α-hetero) is 1. The van der Waals surface area contributed by atoms with E-state index in [9.17, 15) is 4.79 Å². The number of benzene rings is 3. The summed E-state index contributed by atoms with van der Waals surface area (Å²) in [5.74, 6) is 1.70. The lowest BCUT2D eigenvalue weighted by atomic mass is 10.0. The second-order valence-electron chi connectivity index (χ2n) is 6.11. The zero-order valence-electron chi connectivity index (χ0n) is 14.9. The van der Waals surface area contributed by atoms with E-state index in [1.165, 1.54) is 0 Å². The number of nitrogens with zero attached hydrogens (tertiary/aromatic N) is 2. The number of hydrogen-bond donors (Lipinski definition) is 0. The fourth-order valence-corrected chi connectivity index (χ4v) is 2.91. The number of halogens is 1. The van der Waals surface area contributed by atoms with E-state index in [2.05, 4.69) is 9.97 Å². The smallest absolute Gasteiger partial charge is 0.321 e. The Kier molecular flexibility index (Phi) is 4.91. The molecule has 1 aromatic heterocycles. The Morgan fingerprint density at radius 1 is 0.857 bits per heavy atom. The molecule has 0 atom stereocenters. The second-order valence-corrected chi connectivity index (χ2v) is 6.51. The minimum Gasteiger partial charge on any atom is -0.456 e. The molecule has 0 spiro atoms. The van der Waals surface area contributed by atoms with Gasteiger partial charge < -0.3 is 9.47 Å². The first kappa shape index (κ1) is 17.9. The van der Waals surface area contributed by atoms with Gasteiger partial charge in [-0.2, -0.15) is 0 Å². The van der Waals surface area contributed by atoms with Crippen molar-refractivity contribution in [3.8, 4) is 23.3 Å². The van der Waals surface area contributed by atoms with Crippen molar-refractivity contribution in [3.05, 3.63) is 83.6 Å². The molecule has 4 rings (SSSR count). The molecule has 28 heavy (non-hydrogen) atoms. The Balaban J connectivity index is 1.55. The quantitative estimate of drug-likeness (QED) is 0.387. The lowest BCUT2D eigenvalue weighted by Crippen LogP contribution is -1.92. The molecule has 0 aliphatic heterocycles. The van der Waals surface area contributed by atoms with Crippen molar-refractivity contribution in [2.45, 2.75) is 6.92 Å². The molecule has 4 aromatic rings. The van der Waals surface area contributed by atoms with Crippen LogP contribution < -0.4 is 9.47 Å². The monoisotopic (exact) mass is 390 g/mol. The summed E-state index contributed by atoms with van der Waals surface area (Å²) in [6.45, 7) is 1.55. The third-order valence-electron chi connectivity index (χ3n) is 4.10. The second kappa shape index (κ2) is 7.66. The molecule has 5 nitrogen and oxygen atoms in total. The molecule has 0 aliphatic rings. The van der Waals surface area contributed by atoms with Gasteiger partial charge in [-0.15, -0.1) is 0 Å². The summed E-state index contributed by atoms with van der Waals surface area (Å²) >= 11 is 6.34. The van der Waals surface area contributed by atoms with Gasteiger partial charge in [0.2, 0.25) is 0 Å². The van der Waals surface area contributed by atoms with Gasteiger partial charge in [-0.1, -0.05) is 29.8 Å². The fraction of sp³-hybridized carbons (Fsp3) is 0.0455. The molecule has 0 saturated carbocycles. The van der Waals surface area contributed by atoms with Gasteiger partial charge in [-0.05, 0) is 54.1 Å². The van der Waals surface area contributed by atoms with Gasteiger partial charge in [-0.3, -0.25) is 4.79 Å². The van der Waals surface area contributed by atoms with Crippen molar-refractivity contribution in [2.24, 2.45) is 0 Å². The number of hydrogen-bond acceptors (Lipinski definition) is 5. The number of carbonyl (C=O) groups excluding carboxylic acids is 1. The minimum atomic E-state index is 0.0391. The highest BCUT2D eigenvalue weighted by Crippen LogP contribution is 2.34. The minimum absolute atomic E-state index is 0.0391. The highest BCUT2D eigenvalue weighted by molar-refractivity contribution is 6.32. The predicted molar refractivity (Wildman–Crippen MR) is 108 cm³/mol. The zero-order valence-corrected chi connectivity index (χ0v) is 15.7.